The molecular formula is C14H20N2OS. The first kappa shape index (κ1) is 13.4. The van der Waals surface area contributed by atoms with Gasteiger partial charge in [0.25, 0.3) is 0 Å². The van der Waals surface area contributed by atoms with Crippen molar-refractivity contribution in [3.8, 4) is 0 Å². The van der Waals surface area contributed by atoms with Crippen LogP contribution in [0.4, 0.5) is 0 Å². The van der Waals surface area contributed by atoms with Gasteiger partial charge in [0, 0.05) is 11.3 Å². The number of nitrogens with two attached hydrogens (primary N) is 1. The number of nitrogens with one attached hydrogen (secondary N) is 1. The van der Waals surface area contributed by atoms with Gasteiger partial charge in [-0.15, -0.1) is 0 Å². The van der Waals surface area contributed by atoms with Crippen LogP contribution in [0.25, 0.3) is 0 Å². The van der Waals surface area contributed by atoms with Crippen molar-refractivity contribution in [2.75, 3.05) is 12.8 Å². The average molecular weight is 264 g/mol. The number of rotatable bonds is 6. The Kier molecular flexibility index (Phi) is 4.30. The van der Waals surface area contributed by atoms with E-state index in [0.29, 0.717) is 11.2 Å². The Labute approximate surface area is 113 Å². The maximum absolute atomic E-state index is 11.9. The minimum atomic E-state index is -0.454. The minimum Gasteiger partial charge on any atom is -0.353 e. The maximum Gasteiger partial charge on any atom is 0.237 e. The second-order valence-corrected chi connectivity index (χ2v) is 6.18. The summed E-state index contributed by atoms with van der Waals surface area (Å²) in [6, 6.07) is 9.43. The Morgan fingerprint density at radius 3 is 2.67 bits per heavy atom. The molecule has 2 rings (SSSR count). The fourth-order valence-electron chi connectivity index (χ4n) is 1.93. The van der Waals surface area contributed by atoms with Crippen LogP contribution in [0, 0.1) is 0 Å². The third-order valence-electron chi connectivity index (χ3n) is 3.46. The second kappa shape index (κ2) is 5.76. The Morgan fingerprint density at radius 2 is 2.11 bits per heavy atom. The average Bonchev–Trinajstić information content (AvgIpc) is 3.18. The summed E-state index contributed by atoms with van der Waals surface area (Å²) < 4.78 is 0.294. The first-order chi connectivity index (χ1) is 8.65. The normalized spacial score (nSPS) is 18.1. The van der Waals surface area contributed by atoms with Gasteiger partial charge in [-0.25, -0.2) is 0 Å². The third-order valence-corrected chi connectivity index (χ3v) is 4.88. The zero-order chi connectivity index (χ0) is 13.0. The standard InChI is InChI=1S/C14H20N2OS/c1-18-14(7-8-14)10-16-13(17)12(15)9-11-5-3-2-4-6-11/h2-6,12H,7-10,15H2,1H3,(H,16,17). The van der Waals surface area contributed by atoms with Gasteiger partial charge in [-0.3, -0.25) is 4.79 Å². The number of hydrogen-bond acceptors (Lipinski definition) is 3. The summed E-state index contributed by atoms with van der Waals surface area (Å²) >= 11 is 1.84. The molecule has 3 N–H and O–H groups in total. The highest BCUT2D eigenvalue weighted by Gasteiger charge is 2.42. The molecular weight excluding hydrogens is 244 g/mol. The van der Waals surface area contributed by atoms with Crippen LogP contribution in [0.2, 0.25) is 0 Å². The predicted octanol–water partition coefficient (Wildman–Crippen LogP) is 1.57. The molecule has 1 unspecified atom stereocenters. The molecule has 0 aromatic heterocycles. The summed E-state index contributed by atoms with van der Waals surface area (Å²) in [5, 5.41) is 2.97. The van der Waals surface area contributed by atoms with Crippen LogP contribution in [-0.2, 0) is 11.2 Å². The van der Waals surface area contributed by atoms with Crippen molar-refractivity contribution in [2.45, 2.75) is 30.1 Å². The number of benzene rings is 1. The van der Waals surface area contributed by atoms with Crippen molar-refractivity contribution in [3.63, 3.8) is 0 Å². The van der Waals surface area contributed by atoms with E-state index < -0.39 is 6.04 Å². The molecule has 1 aliphatic rings. The quantitative estimate of drug-likeness (QED) is 0.820. The Balaban J connectivity index is 1.78. The fourth-order valence-corrected chi connectivity index (χ4v) is 2.66. The summed E-state index contributed by atoms with van der Waals surface area (Å²) in [5.74, 6) is -0.0424. The van der Waals surface area contributed by atoms with Gasteiger partial charge >= 0.3 is 0 Å². The lowest BCUT2D eigenvalue weighted by molar-refractivity contribution is -0.122. The van der Waals surface area contributed by atoms with E-state index in [9.17, 15) is 4.79 Å². The van der Waals surface area contributed by atoms with Crippen molar-refractivity contribution in [1.82, 2.24) is 5.32 Å². The van der Waals surface area contributed by atoms with Crippen molar-refractivity contribution < 1.29 is 4.79 Å². The van der Waals surface area contributed by atoms with Crippen LogP contribution >= 0.6 is 11.8 Å². The number of carbonyl (C=O) groups excluding carboxylic acids is 1. The maximum atomic E-state index is 11.9. The van der Waals surface area contributed by atoms with Crippen LogP contribution in [0.1, 0.15) is 18.4 Å². The SMILES string of the molecule is CSC1(CNC(=O)C(N)Cc2ccccc2)CC1. The molecule has 1 aromatic carbocycles. The zero-order valence-electron chi connectivity index (χ0n) is 10.7. The lowest BCUT2D eigenvalue weighted by atomic mass is 10.1. The highest BCUT2D eigenvalue weighted by atomic mass is 32.2. The molecule has 0 bridgehead atoms. The van der Waals surface area contributed by atoms with Crippen LogP contribution in [0.5, 0.6) is 0 Å². The molecule has 4 heteroatoms. The molecule has 98 valence electrons. The molecule has 1 saturated carbocycles. The van der Waals surface area contributed by atoms with Gasteiger partial charge in [0.15, 0.2) is 0 Å². The Hall–Kier alpha value is -1.00. The van der Waals surface area contributed by atoms with E-state index in [0.717, 1.165) is 12.1 Å². The van der Waals surface area contributed by atoms with Crippen molar-refractivity contribution in [1.29, 1.82) is 0 Å². The van der Waals surface area contributed by atoms with E-state index in [1.807, 2.05) is 42.1 Å². The molecule has 0 saturated heterocycles. The van der Waals surface area contributed by atoms with Crippen LogP contribution in [0.15, 0.2) is 30.3 Å². The number of amides is 1. The van der Waals surface area contributed by atoms with E-state index in [1.165, 1.54) is 12.8 Å². The molecule has 1 fully saturated rings. The van der Waals surface area contributed by atoms with Crippen molar-refractivity contribution >= 4 is 17.7 Å². The third kappa shape index (κ3) is 3.50. The second-order valence-electron chi connectivity index (χ2n) is 4.90. The molecule has 0 spiro atoms. The monoisotopic (exact) mass is 264 g/mol. The molecule has 3 nitrogen and oxygen atoms in total. The first-order valence-corrected chi connectivity index (χ1v) is 7.50. The largest absolute Gasteiger partial charge is 0.353 e. The molecule has 0 radical (unpaired) electrons. The van der Waals surface area contributed by atoms with E-state index >= 15 is 0 Å². The number of carbonyl (C=O) groups is 1. The lowest BCUT2D eigenvalue weighted by Gasteiger charge is -2.16. The van der Waals surface area contributed by atoms with Crippen LogP contribution in [0.3, 0.4) is 0 Å². The van der Waals surface area contributed by atoms with Crippen molar-refractivity contribution in [2.24, 2.45) is 5.73 Å². The van der Waals surface area contributed by atoms with E-state index in [4.69, 9.17) is 5.73 Å². The molecule has 0 heterocycles. The van der Waals surface area contributed by atoms with E-state index in [-0.39, 0.29) is 5.91 Å². The summed E-state index contributed by atoms with van der Waals surface area (Å²) in [6.45, 7) is 0.746. The topological polar surface area (TPSA) is 55.1 Å². The van der Waals surface area contributed by atoms with Gasteiger partial charge in [-0.2, -0.15) is 11.8 Å². The zero-order valence-corrected chi connectivity index (χ0v) is 11.5. The van der Waals surface area contributed by atoms with E-state index in [2.05, 4.69) is 11.6 Å². The Morgan fingerprint density at radius 1 is 1.44 bits per heavy atom. The molecule has 18 heavy (non-hydrogen) atoms. The Bertz CT molecular complexity index is 404. The van der Waals surface area contributed by atoms with Crippen LogP contribution in [-0.4, -0.2) is 29.5 Å². The molecule has 1 aliphatic carbocycles. The predicted molar refractivity (Wildman–Crippen MR) is 76.6 cm³/mol. The molecule has 1 atom stereocenters. The van der Waals surface area contributed by atoms with Gasteiger partial charge in [0.2, 0.25) is 5.91 Å². The number of hydrogen-bond donors (Lipinski definition) is 2. The van der Waals surface area contributed by atoms with E-state index in [1.54, 1.807) is 0 Å². The smallest absolute Gasteiger partial charge is 0.237 e. The lowest BCUT2D eigenvalue weighted by Crippen LogP contribution is -2.44. The van der Waals surface area contributed by atoms with Crippen molar-refractivity contribution in [3.05, 3.63) is 35.9 Å². The summed E-state index contributed by atoms with van der Waals surface area (Å²) in [6.07, 6.45) is 5.09. The molecule has 1 amide bonds. The summed E-state index contributed by atoms with van der Waals surface area (Å²) in [4.78, 5) is 11.9. The van der Waals surface area contributed by atoms with Gasteiger partial charge in [0.05, 0.1) is 6.04 Å². The highest BCUT2D eigenvalue weighted by molar-refractivity contribution is 8.00. The molecule has 1 aromatic rings. The van der Waals surface area contributed by atoms with Gasteiger partial charge < -0.3 is 11.1 Å². The number of thioether (sulfide) groups is 1. The van der Waals surface area contributed by atoms with Gasteiger partial charge in [0.1, 0.15) is 0 Å². The van der Waals surface area contributed by atoms with Gasteiger partial charge in [-0.05, 0) is 31.1 Å². The highest BCUT2D eigenvalue weighted by Crippen LogP contribution is 2.46. The summed E-state index contributed by atoms with van der Waals surface area (Å²) in [7, 11) is 0. The fraction of sp³-hybridized carbons (Fsp3) is 0.500. The molecule has 0 aliphatic heterocycles. The first-order valence-electron chi connectivity index (χ1n) is 6.28. The van der Waals surface area contributed by atoms with Gasteiger partial charge in [-0.1, -0.05) is 30.3 Å². The van der Waals surface area contributed by atoms with Crippen LogP contribution < -0.4 is 11.1 Å². The minimum absolute atomic E-state index is 0.0424. The summed E-state index contributed by atoms with van der Waals surface area (Å²) in [5.41, 5.74) is 7.02.